The van der Waals surface area contributed by atoms with Crippen molar-refractivity contribution in [1.29, 1.82) is 0 Å². The van der Waals surface area contributed by atoms with Gasteiger partial charge in [0.1, 0.15) is 12.1 Å². The summed E-state index contributed by atoms with van der Waals surface area (Å²) in [6, 6.07) is -2.28. The summed E-state index contributed by atoms with van der Waals surface area (Å²) in [6.45, 7) is 11.0. The quantitative estimate of drug-likeness (QED) is 0.575. The molecule has 1 aliphatic rings. The van der Waals surface area contributed by atoms with Gasteiger partial charge in [0, 0.05) is 6.54 Å². The molecule has 118 valence electrons. The maximum atomic E-state index is 12.6. The van der Waals surface area contributed by atoms with Crippen molar-refractivity contribution in [2.75, 3.05) is 6.54 Å². The highest BCUT2D eigenvalue weighted by atomic mass is 16.4. The Kier molecular flexibility index (Phi) is 5.52. The van der Waals surface area contributed by atoms with Gasteiger partial charge in [0.05, 0.1) is 0 Å². The second kappa shape index (κ2) is 6.74. The Morgan fingerprint density at radius 1 is 1.38 bits per heavy atom. The first kappa shape index (κ1) is 17.2. The smallest absolute Gasteiger partial charge is 0.328 e. The molecule has 1 N–H and O–H groups in total. The van der Waals surface area contributed by atoms with Crippen LogP contribution in [0.1, 0.15) is 34.1 Å². The first-order chi connectivity index (χ1) is 9.77. The van der Waals surface area contributed by atoms with Crippen LogP contribution in [0.2, 0.25) is 0 Å². The minimum absolute atomic E-state index is 0.0343. The van der Waals surface area contributed by atoms with E-state index in [0.717, 1.165) is 11.3 Å². The van der Waals surface area contributed by atoms with Crippen LogP contribution >= 0.6 is 0 Å². The fourth-order valence-electron chi connectivity index (χ4n) is 2.68. The lowest BCUT2D eigenvalue weighted by Crippen LogP contribution is -2.49. The van der Waals surface area contributed by atoms with Crippen LogP contribution in [0.15, 0.2) is 12.7 Å². The number of urea groups is 1. The van der Waals surface area contributed by atoms with E-state index >= 15 is 0 Å². The van der Waals surface area contributed by atoms with E-state index in [2.05, 4.69) is 6.58 Å². The first-order valence-corrected chi connectivity index (χ1v) is 7.25. The van der Waals surface area contributed by atoms with Gasteiger partial charge in [0.25, 0.3) is 5.91 Å². The molecule has 6 nitrogen and oxygen atoms in total. The van der Waals surface area contributed by atoms with E-state index in [1.54, 1.807) is 19.9 Å². The zero-order valence-corrected chi connectivity index (χ0v) is 13.1. The summed E-state index contributed by atoms with van der Waals surface area (Å²) in [4.78, 5) is 38.9. The van der Waals surface area contributed by atoms with Crippen molar-refractivity contribution in [3.05, 3.63) is 12.7 Å². The SMILES string of the molecule is C=CCN1C(=O)N(C(C(=O)O)C(C)C)C(=O)C1C(C)CC. The maximum Gasteiger partial charge on any atom is 0.328 e. The standard InChI is InChI=1S/C15H24N2O4/c1-6-8-16-12(10(5)7-2)13(18)17(15(16)21)11(9(3)4)14(19)20/h6,9-12H,1,7-8H2,2-5H3,(H,19,20). The molecule has 0 aliphatic carbocycles. The van der Waals surface area contributed by atoms with E-state index in [4.69, 9.17) is 0 Å². The molecule has 3 atom stereocenters. The molecule has 0 aromatic carbocycles. The van der Waals surface area contributed by atoms with Crippen molar-refractivity contribution in [3.8, 4) is 0 Å². The lowest BCUT2D eigenvalue weighted by Gasteiger charge is -2.25. The Bertz CT molecular complexity index is 447. The Balaban J connectivity index is 3.23. The van der Waals surface area contributed by atoms with Crippen LogP contribution in [0.4, 0.5) is 4.79 Å². The van der Waals surface area contributed by atoms with E-state index in [9.17, 15) is 19.5 Å². The van der Waals surface area contributed by atoms with Gasteiger partial charge in [0.15, 0.2) is 0 Å². The van der Waals surface area contributed by atoms with Crippen LogP contribution in [-0.4, -0.2) is 51.4 Å². The number of nitrogens with zero attached hydrogens (tertiary/aromatic N) is 2. The third kappa shape index (κ3) is 3.09. The fraction of sp³-hybridized carbons (Fsp3) is 0.667. The Labute approximate surface area is 125 Å². The number of carbonyl (C=O) groups is 3. The van der Waals surface area contributed by atoms with E-state index < -0.39 is 30.0 Å². The molecule has 21 heavy (non-hydrogen) atoms. The normalized spacial score (nSPS) is 21.9. The van der Waals surface area contributed by atoms with Gasteiger partial charge in [-0.2, -0.15) is 0 Å². The molecular weight excluding hydrogens is 272 g/mol. The van der Waals surface area contributed by atoms with Crippen molar-refractivity contribution >= 4 is 17.9 Å². The third-order valence-electron chi connectivity index (χ3n) is 3.95. The van der Waals surface area contributed by atoms with Gasteiger partial charge in [-0.25, -0.2) is 14.5 Å². The largest absolute Gasteiger partial charge is 0.480 e. The highest BCUT2D eigenvalue weighted by Gasteiger charge is 2.51. The van der Waals surface area contributed by atoms with Crippen LogP contribution in [0.25, 0.3) is 0 Å². The van der Waals surface area contributed by atoms with Gasteiger partial charge in [-0.15, -0.1) is 6.58 Å². The molecule has 1 heterocycles. The van der Waals surface area contributed by atoms with Crippen LogP contribution < -0.4 is 0 Å². The topological polar surface area (TPSA) is 77.9 Å². The van der Waals surface area contributed by atoms with E-state index in [-0.39, 0.29) is 18.4 Å². The van der Waals surface area contributed by atoms with Crippen LogP contribution in [0.5, 0.6) is 0 Å². The number of hydrogen-bond acceptors (Lipinski definition) is 3. The second-order valence-electron chi connectivity index (χ2n) is 5.79. The van der Waals surface area contributed by atoms with Crippen molar-refractivity contribution in [2.45, 2.75) is 46.2 Å². The van der Waals surface area contributed by atoms with Crippen LogP contribution in [-0.2, 0) is 9.59 Å². The van der Waals surface area contributed by atoms with E-state index in [1.807, 2.05) is 13.8 Å². The van der Waals surface area contributed by atoms with E-state index in [0.29, 0.717) is 0 Å². The minimum Gasteiger partial charge on any atom is -0.480 e. The van der Waals surface area contributed by atoms with Crippen molar-refractivity contribution in [2.24, 2.45) is 11.8 Å². The van der Waals surface area contributed by atoms with E-state index in [1.165, 1.54) is 4.90 Å². The predicted molar refractivity (Wildman–Crippen MR) is 78.6 cm³/mol. The summed E-state index contributed by atoms with van der Waals surface area (Å²) in [7, 11) is 0. The molecule has 0 aromatic heterocycles. The molecule has 1 rings (SSSR count). The summed E-state index contributed by atoms with van der Waals surface area (Å²) >= 11 is 0. The lowest BCUT2D eigenvalue weighted by molar-refractivity contribution is -0.148. The molecule has 0 aromatic rings. The monoisotopic (exact) mass is 296 g/mol. The van der Waals surface area contributed by atoms with Crippen molar-refractivity contribution in [1.82, 2.24) is 9.80 Å². The zero-order valence-electron chi connectivity index (χ0n) is 13.1. The highest BCUT2D eigenvalue weighted by molar-refractivity contribution is 6.07. The molecular formula is C15H24N2O4. The third-order valence-corrected chi connectivity index (χ3v) is 3.95. The van der Waals surface area contributed by atoms with Crippen LogP contribution in [0.3, 0.4) is 0 Å². The molecule has 3 amide bonds. The van der Waals surface area contributed by atoms with Gasteiger partial charge >= 0.3 is 12.0 Å². The Morgan fingerprint density at radius 3 is 2.33 bits per heavy atom. The highest BCUT2D eigenvalue weighted by Crippen LogP contribution is 2.29. The molecule has 1 aliphatic heterocycles. The summed E-state index contributed by atoms with van der Waals surface area (Å²) in [5.41, 5.74) is 0. The second-order valence-corrected chi connectivity index (χ2v) is 5.79. The summed E-state index contributed by atoms with van der Waals surface area (Å²) in [6.07, 6.45) is 2.28. The number of carboxylic acids is 1. The number of carbonyl (C=O) groups excluding carboxylic acids is 2. The van der Waals surface area contributed by atoms with Crippen LogP contribution in [0, 0.1) is 11.8 Å². The fourth-order valence-corrected chi connectivity index (χ4v) is 2.68. The van der Waals surface area contributed by atoms with Gasteiger partial charge in [0.2, 0.25) is 0 Å². The number of aliphatic carboxylic acids is 1. The molecule has 0 radical (unpaired) electrons. The zero-order chi connectivity index (χ0) is 16.3. The summed E-state index contributed by atoms with van der Waals surface area (Å²) < 4.78 is 0. The number of amides is 3. The molecule has 1 saturated heterocycles. The lowest BCUT2D eigenvalue weighted by atomic mass is 9.97. The summed E-state index contributed by atoms with van der Waals surface area (Å²) in [5.74, 6) is -1.96. The van der Waals surface area contributed by atoms with Gasteiger partial charge in [-0.1, -0.05) is 40.2 Å². The average Bonchev–Trinajstić information content (AvgIpc) is 2.63. The maximum absolute atomic E-state index is 12.6. The number of hydrogen-bond donors (Lipinski definition) is 1. The average molecular weight is 296 g/mol. The minimum atomic E-state index is -1.16. The van der Waals surface area contributed by atoms with Crippen molar-refractivity contribution < 1.29 is 19.5 Å². The Morgan fingerprint density at radius 2 is 1.95 bits per heavy atom. The molecule has 0 saturated carbocycles. The molecule has 1 fully saturated rings. The van der Waals surface area contributed by atoms with Crippen molar-refractivity contribution in [3.63, 3.8) is 0 Å². The molecule has 0 spiro atoms. The molecule has 0 bridgehead atoms. The predicted octanol–water partition coefficient (Wildman–Crippen LogP) is 1.96. The molecule has 3 unspecified atom stereocenters. The first-order valence-electron chi connectivity index (χ1n) is 7.25. The van der Waals surface area contributed by atoms with Gasteiger partial charge < -0.3 is 10.0 Å². The Hall–Kier alpha value is -1.85. The molecule has 6 heteroatoms. The van der Waals surface area contributed by atoms with Gasteiger partial charge in [-0.05, 0) is 11.8 Å². The number of rotatable bonds is 7. The summed E-state index contributed by atoms with van der Waals surface area (Å²) in [5, 5.41) is 9.35. The number of imide groups is 1. The number of carboxylic acid groups (broad SMARTS) is 1. The van der Waals surface area contributed by atoms with Gasteiger partial charge in [-0.3, -0.25) is 4.79 Å².